The lowest BCUT2D eigenvalue weighted by Gasteiger charge is -2.05. The van der Waals surface area contributed by atoms with E-state index in [1.807, 2.05) is 0 Å². The third kappa shape index (κ3) is 3.75. The summed E-state index contributed by atoms with van der Waals surface area (Å²) < 4.78 is 0. The molecule has 0 fully saturated rings. The van der Waals surface area contributed by atoms with E-state index in [-0.39, 0.29) is 16.5 Å². The second kappa shape index (κ2) is 5.77. The van der Waals surface area contributed by atoms with E-state index < -0.39 is 5.97 Å². The molecule has 0 aliphatic heterocycles. The Morgan fingerprint density at radius 3 is 2.69 bits per heavy atom. The predicted molar refractivity (Wildman–Crippen MR) is 65.4 cm³/mol. The van der Waals surface area contributed by atoms with Crippen LogP contribution in [-0.4, -0.2) is 29.0 Å². The SMILES string of the molecule is CSCC(=O)Nc1cc(Cl)cc(C(=O)O)c1. The number of thioether (sulfide) groups is 1. The minimum atomic E-state index is -1.08. The number of halogens is 1. The zero-order valence-electron chi connectivity index (χ0n) is 8.49. The fraction of sp³-hybridized carbons (Fsp3) is 0.200. The van der Waals surface area contributed by atoms with E-state index in [1.54, 1.807) is 6.26 Å². The van der Waals surface area contributed by atoms with Crippen molar-refractivity contribution >= 4 is 40.9 Å². The second-order valence-electron chi connectivity index (χ2n) is 3.01. The van der Waals surface area contributed by atoms with Gasteiger partial charge in [0.05, 0.1) is 11.3 Å². The van der Waals surface area contributed by atoms with Crippen LogP contribution in [0.2, 0.25) is 5.02 Å². The summed E-state index contributed by atoms with van der Waals surface area (Å²) in [6.07, 6.45) is 1.81. The van der Waals surface area contributed by atoms with Gasteiger partial charge in [-0.2, -0.15) is 11.8 Å². The Kier molecular flexibility index (Phi) is 4.64. The van der Waals surface area contributed by atoms with E-state index in [4.69, 9.17) is 16.7 Å². The molecule has 0 aliphatic carbocycles. The summed E-state index contributed by atoms with van der Waals surface area (Å²) in [5.74, 6) is -0.955. The van der Waals surface area contributed by atoms with E-state index in [2.05, 4.69) is 5.32 Å². The minimum Gasteiger partial charge on any atom is -0.478 e. The number of carbonyl (C=O) groups is 2. The highest BCUT2D eigenvalue weighted by atomic mass is 35.5. The highest BCUT2D eigenvalue weighted by Gasteiger charge is 2.08. The van der Waals surface area contributed by atoms with Crippen LogP contribution in [0.15, 0.2) is 18.2 Å². The molecule has 1 aromatic carbocycles. The lowest BCUT2D eigenvalue weighted by Crippen LogP contribution is -2.14. The van der Waals surface area contributed by atoms with Gasteiger partial charge in [0, 0.05) is 10.7 Å². The molecule has 2 N–H and O–H groups in total. The Morgan fingerprint density at radius 1 is 1.44 bits per heavy atom. The largest absolute Gasteiger partial charge is 0.478 e. The van der Waals surface area contributed by atoms with E-state index in [1.165, 1.54) is 30.0 Å². The number of anilines is 1. The first-order chi connectivity index (χ1) is 7.52. The van der Waals surface area contributed by atoms with Crippen molar-refractivity contribution in [2.24, 2.45) is 0 Å². The van der Waals surface area contributed by atoms with Crippen LogP contribution in [-0.2, 0) is 4.79 Å². The third-order valence-electron chi connectivity index (χ3n) is 1.70. The maximum absolute atomic E-state index is 11.3. The van der Waals surface area contributed by atoms with Gasteiger partial charge < -0.3 is 10.4 Å². The molecule has 0 bridgehead atoms. The first kappa shape index (κ1) is 12.9. The van der Waals surface area contributed by atoms with Crippen LogP contribution in [0.5, 0.6) is 0 Å². The topological polar surface area (TPSA) is 66.4 Å². The molecule has 0 saturated carbocycles. The number of amides is 1. The van der Waals surface area contributed by atoms with Crippen LogP contribution in [0.4, 0.5) is 5.69 Å². The molecule has 6 heteroatoms. The summed E-state index contributed by atoms with van der Waals surface area (Å²) in [6, 6.07) is 4.20. The maximum atomic E-state index is 11.3. The molecule has 16 heavy (non-hydrogen) atoms. The smallest absolute Gasteiger partial charge is 0.335 e. The van der Waals surface area contributed by atoms with E-state index >= 15 is 0 Å². The highest BCUT2D eigenvalue weighted by molar-refractivity contribution is 7.99. The van der Waals surface area contributed by atoms with Crippen molar-refractivity contribution in [1.29, 1.82) is 0 Å². The summed E-state index contributed by atoms with van der Waals surface area (Å²) in [7, 11) is 0. The number of carboxylic acids is 1. The van der Waals surface area contributed by atoms with Crippen LogP contribution in [0.25, 0.3) is 0 Å². The number of carboxylic acid groups (broad SMARTS) is 1. The van der Waals surface area contributed by atoms with Gasteiger partial charge in [-0.05, 0) is 24.5 Å². The lowest BCUT2D eigenvalue weighted by molar-refractivity contribution is -0.113. The highest BCUT2D eigenvalue weighted by Crippen LogP contribution is 2.19. The Balaban J connectivity index is 2.88. The van der Waals surface area contributed by atoms with Gasteiger partial charge in [0.2, 0.25) is 5.91 Å². The second-order valence-corrected chi connectivity index (χ2v) is 4.32. The van der Waals surface area contributed by atoms with Gasteiger partial charge in [-0.3, -0.25) is 4.79 Å². The average molecular weight is 260 g/mol. The third-order valence-corrected chi connectivity index (χ3v) is 2.47. The van der Waals surface area contributed by atoms with Gasteiger partial charge >= 0.3 is 5.97 Å². The molecule has 86 valence electrons. The zero-order chi connectivity index (χ0) is 12.1. The first-order valence-corrected chi connectivity index (χ1v) is 6.13. The Hall–Kier alpha value is -1.20. The molecule has 0 unspecified atom stereocenters. The quantitative estimate of drug-likeness (QED) is 0.871. The van der Waals surface area contributed by atoms with Crippen molar-refractivity contribution in [2.45, 2.75) is 0 Å². The number of aromatic carboxylic acids is 1. The van der Waals surface area contributed by atoms with E-state index in [0.29, 0.717) is 11.4 Å². The molecule has 0 heterocycles. The number of nitrogens with one attached hydrogen (secondary N) is 1. The fourth-order valence-corrected chi connectivity index (χ4v) is 1.68. The standard InChI is InChI=1S/C10H10ClNO3S/c1-16-5-9(13)12-8-3-6(10(14)15)2-7(11)4-8/h2-4H,5H2,1H3,(H,12,13)(H,14,15). The Labute approximate surface area is 102 Å². The van der Waals surface area contributed by atoms with Crippen LogP contribution >= 0.6 is 23.4 Å². The van der Waals surface area contributed by atoms with Gasteiger partial charge in [0.15, 0.2) is 0 Å². The minimum absolute atomic E-state index is 0.0481. The predicted octanol–water partition coefficient (Wildman–Crippen LogP) is 2.34. The molecule has 0 aromatic heterocycles. The van der Waals surface area contributed by atoms with Gasteiger partial charge in [-0.1, -0.05) is 11.6 Å². The van der Waals surface area contributed by atoms with Gasteiger partial charge in [0.1, 0.15) is 0 Å². The summed E-state index contributed by atoms with van der Waals surface area (Å²) in [5, 5.41) is 11.6. The molecular formula is C10H10ClNO3S. The molecule has 1 aromatic rings. The summed E-state index contributed by atoms with van der Waals surface area (Å²) >= 11 is 7.12. The monoisotopic (exact) mass is 259 g/mol. The maximum Gasteiger partial charge on any atom is 0.335 e. The molecule has 0 radical (unpaired) electrons. The van der Waals surface area contributed by atoms with Crippen LogP contribution in [0, 0.1) is 0 Å². The first-order valence-electron chi connectivity index (χ1n) is 4.35. The van der Waals surface area contributed by atoms with Crippen molar-refractivity contribution in [1.82, 2.24) is 0 Å². The molecule has 4 nitrogen and oxygen atoms in total. The summed E-state index contributed by atoms with van der Waals surface area (Å²) in [4.78, 5) is 22.0. The van der Waals surface area contributed by atoms with Crippen LogP contribution in [0.3, 0.4) is 0 Å². The van der Waals surface area contributed by atoms with Crippen molar-refractivity contribution in [2.75, 3.05) is 17.3 Å². The Morgan fingerprint density at radius 2 is 2.12 bits per heavy atom. The molecule has 0 saturated heterocycles. The van der Waals surface area contributed by atoms with Gasteiger partial charge in [0.25, 0.3) is 0 Å². The van der Waals surface area contributed by atoms with E-state index in [9.17, 15) is 9.59 Å². The van der Waals surface area contributed by atoms with Crippen molar-refractivity contribution < 1.29 is 14.7 Å². The molecule has 1 rings (SSSR count). The van der Waals surface area contributed by atoms with Crippen molar-refractivity contribution in [3.63, 3.8) is 0 Å². The zero-order valence-corrected chi connectivity index (χ0v) is 10.1. The number of rotatable bonds is 4. The molecular weight excluding hydrogens is 250 g/mol. The average Bonchev–Trinajstić information content (AvgIpc) is 2.16. The number of carbonyl (C=O) groups excluding carboxylic acids is 1. The van der Waals surface area contributed by atoms with Gasteiger partial charge in [-0.15, -0.1) is 0 Å². The fourth-order valence-electron chi connectivity index (χ4n) is 1.11. The Bertz CT molecular complexity index is 423. The van der Waals surface area contributed by atoms with E-state index in [0.717, 1.165) is 0 Å². The summed E-state index contributed by atoms with van der Waals surface area (Å²) in [5.41, 5.74) is 0.441. The molecule has 0 spiro atoms. The number of hydrogen-bond donors (Lipinski definition) is 2. The van der Waals surface area contributed by atoms with Crippen molar-refractivity contribution in [3.8, 4) is 0 Å². The molecule has 1 amide bonds. The molecule has 0 aliphatic rings. The number of hydrogen-bond acceptors (Lipinski definition) is 3. The van der Waals surface area contributed by atoms with Crippen LogP contribution < -0.4 is 5.32 Å². The summed E-state index contributed by atoms with van der Waals surface area (Å²) in [6.45, 7) is 0. The lowest BCUT2D eigenvalue weighted by atomic mass is 10.2. The van der Waals surface area contributed by atoms with Crippen LogP contribution in [0.1, 0.15) is 10.4 Å². The normalized spacial score (nSPS) is 9.88. The molecule has 0 atom stereocenters. The van der Waals surface area contributed by atoms with Crippen molar-refractivity contribution in [3.05, 3.63) is 28.8 Å². The van der Waals surface area contributed by atoms with Gasteiger partial charge in [-0.25, -0.2) is 4.79 Å². The number of benzene rings is 1.